The third-order valence-electron chi connectivity index (χ3n) is 3.97. The summed E-state index contributed by atoms with van der Waals surface area (Å²) in [5, 5.41) is 3.59. The first kappa shape index (κ1) is 18.3. The molecule has 0 aromatic heterocycles. The molecule has 0 spiro atoms. The summed E-state index contributed by atoms with van der Waals surface area (Å²) in [6, 6.07) is 17.3. The minimum Gasteiger partial charge on any atom is -0.490 e. The highest BCUT2D eigenvalue weighted by Crippen LogP contribution is 2.28. The Balaban J connectivity index is 1.85. The second-order valence-electron chi connectivity index (χ2n) is 5.95. The second kappa shape index (κ2) is 9.99. The van der Waals surface area contributed by atoms with Crippen LogP contribution < -0.4 is 14.8 Å². The fourth-order valence-electron chi connectivity index (χ4n) is 2.63. The number of hydrogen-bond donors (Lipinski definition) is 1. The van der Waals surface area contributed by atoms with Crippen molar-refractivity contribution in [3.05, 3.63) is 59.7 Å². The standard InChI is InChI=1S/C21H29NO2/c1-4-23-20-14-13-19(15-21(20)24-5-2)16-22-17(3)11-12-18-9-7-6-8-10-18/h6-10,13-15,17,22H,4-5,11-12,16H2,1-3H3/t17-/m1/s1. The van der Waals surface area contributed by atoms with Crippen LogP contribution in [0.5, 0.6) is 11.5 Å². The van der Waals surface area contributed by atoms with E-state index in [9.17, 15) is 0 Å². The van der Waals surface area contributed by atoms with Crippen LogP contribution in [0.15, 0.2) is 48.5 Å². The van der Waals surface area contributed by atoms with Crippen LogP contribution in [0.4, 0.5) is 0 Å². The third kappa shape index (κ3) is 5.89. The van der Waals surface area contributed by atoms with E-state index in [1.54, 1.807) is 0 Å². The molecule has 2 rings (SSSR count). The van der Waals surface area contributed by atoms with Crippen molar-refractivity contribution in [1.29, 1.82) is 0 Å². The van der Waals surface area contributed by atoms with Crippen molar-refractivity contribution in [3.8, 4) is 11.5 Å². The highest BCUT2D eigenvalue weighted by molar-refractivity contribution is 5.43. The van der Waals surface area contributed by atoms with Crippen LogP contribution in [-0.2, 0) is 13.0 Å². The summed E-state index contributed by atoms with van der Waals surface area (Å²) >= 11 is 0. The summed E-state index contributed by atoms with van der Waals surface area (Å²) in [7, 11) is 0. The summed E-state index contributed by atoms with van der Waals surface area (Å²) in [6.07, 6.45) is 2.22. The normalized spacial score (nSPS) is 12.0. The maximum Gasteiger partial charge on any atom is 0.161 e. The summed E-state index contributed by atoms with van der Waals surface area (Å²) < 4.78 is 11.3. The number of ether oxygens (including phenoxy) is 2. The highest BCUT2D eigenvalue weighted by atomic mass is 16.5. The first-order valence-corrected chi connectivity index (χ1v) is 8.88. The van der Waals surface area contributed by atoms with Gasteiger partial charge in [0.25, 0.3) is 0 Å². The molecule has 0 amide bonds. The Bertz CT molecular complexity index is 598. The molecule has 0 saturated heterocycles. The molecule has 3 heteroatoms. The molecule has 0 saturated carbocycles. The maximum atomic E-state index is 5.69. The molecule has 130 valence electrons. The lowest BCUT2D eigenvalue weighted by Crippen LogP contribution is -2.26. The van der Waals surface area contributed by atoms with E-state index in [0.717, 1.165) is 30.9 Å². The van der Waals surface area contributed by atoms with Gasteiger partial charge in [-0.1, -0.05) is 36.4 Å². The molecule has 0 fully saturated rings. The molecule has 0 aliphatic carbocycles. The molecule has 24 heavy (non-hydrogen) atoms. The predicted octanol–water partition coefficient (Wildman–Crippen LogP) is 4.59. The predicted molar refractivity (Wildman–Crippen MR) is 99.8 cm³/mol. The Kier molecular flexibility index (Phi) is 7.63. The van der Waals surface area contributed by atoms with Crippen molar-refractivity contribution < 1.29 is 9.47 Å². The largest absolute Gasteiger partial charge is 0.490 e. The van der Waals surface area contributed by atoms with Gasteiger partial charge >= 0.3 is 0 Å². The van der Waals surface area contributed by atoms with Crippen LogP contribution >= 0.6 is 0 Å². The fourth-order valence-corrected chi connectivity index (χ4v) is 2.63. The Morgan fingerprint density at radius 2 is 1.58 bits per heavy atom. The monoisotopic (exact) mass is 327 g/mol. The van der Waals surface area contributed by atoms with E-state index in [1.165, 1.54) is 11.1 Å². The molecule has 2 aromatic rings. The quantitative estimate of drug-likeness (QED) is 0.692. The van der Waals surface area contributed by atoms with Crippen molar-refractivity contribution in [2.45, 2.75) is 46.2 Å². The molecule has 0 heterocycles. The van der Waals surface area contributed by atoms with Crippen molar-refractivity contribution >= 4 is 0 Å². The van der Waals surface area contributed by atoms with Gasteiger partial charge in [0, 0.05) is 12.6 Å². The maximum absolute atomic E-state index is 5.69. The van der Waals surface area contributed by atoms with Gasteiger partial charge in [-0.2, -0.15) is 0 Å². The molecule has 0 aliphatic heterocycles. The first-order chi connectivity index (χ1) is 11.7. The van der Waals surface area contributed by atoms with Crippen LogP contribution in [0.2, 0.25) is 0 Å². The summed E-state index contributed by atoms with van der Waals surface area (Å²) in [5.74, 6) is 1.65. The van der Waals surface area contributed by atoms with Gasteiger partial charge in [0.05, 0.1) is 13.2 Å². The highest BCUT2D eigenvalue weighted by Gasteiger charge is 2.07. The average molecular weight is 327 g/mol. The Morgan fingerprint density at radius 1 is 0.875 bits per heavy atom. The van der Waals surface area contributed by atoms with E-state index in [1.807, 2.05) is 19.9 Å². The lowest BCUT2D eigenvalue weighted by Gasteiger charge is -2.16. The average Bonchev–Trinajstić information content (AvgIpc) is 2.61. The molecular formula is C21H29NO2. The van der Waals surface area contributed by atoms with E-state index in [2.05, 4.69) is 54.7 Å². The minimum absolute atomic E-state index is 0.465. The smallest absolute Gasteiger partial charge is 0.161 e. The lowest BCUT2D eigenvalue weighted by atomic mass is 10.1. The van der Waals surface area contributed by atoms with Crippen LogP contribution in [0, 0.1) is 0 Å². The van der Waals surface area contributed by atoms with E-state index in [0.29, 0.717) is 19.3 Å². The van der Waals surface area contributed by atoms with E-state index in [4.69, 9.17) is 9.47 Å². The first-order valence-electron chi connectivity index (χ1n) is 8.88. The number of hydrogen-bond acceptors (Lipinski definition) is 3. The van der Waals surface area contributed by atoms with Gasteiger partial charge in [-0.3, -0.25) is 0 Å². The van der Waals surface area contributed by atoms with Gasteiger partial charge in [-0.25, -0.2) is 0 Å². The Labute approximate surface area is 146 Å². The molecule has 1 N–H and O–H groups in total. The van der Waals surface area contributed by atoms with Gasteiger partial charge in [0.2, 0.25) is 0 Å². The van der Waals surface area contributed by atoms with Gasteiger partial charge in [0.15, 0.2) is 11.5 Å². The molecule has 0 bridgehead atoms. The SMILES string of the molecule is CCOc1ccc(CN[C@H](C)CCc2ccccc2)cc1OCC. The van der Waals surface area contributed by atoms with E-state index < -0.39 is 0 Å². The zero-order chi connectivity index (χ0) is 17.2. The van der Waals surface area contributed by atoms with Crippen molar-refractivity contribution in [1.82, 2.24) is 5.32 Å². The summed E-state index contributed by atoms with van der Waals surface area (Å²) in [6.45, 7) is 8.34. The topological polar surface area (TPSA) is 30.5 Å². The summed E-state index contributed by atoms with van der Waals surface area (Å²) in [5.41, 5.74) is 2.61. The molecule has 2 aromatic carbocycles. The lowest BCUT2D eigenvalue weighted by molar-refractivity contribution is 0.287. The molecule has 3 nitrogen and oxygen atoms in total. The van der Waals surface area contributed by atoms with Gasteiger partial charge in [-0.15, -0.1) is 0 Å². The van der Waals surface area contributed by atoms with Crippen molar-refractivity contribution in [2.75, 3.05) is 13.2 Å². The molecule has 0 radical (unpaired) electrons. The third-order valence-corrected chi connectivity index (χ3v) is 3.97. The van der Waals surface area contributed by atoms with Crippen molar-refractivity contribution in [3.63, 3.8) is 0 Å². The Morgan fingerprint density at radius 3 is 2.29 bits per heavy atom. The number of aryl methyl sites for hydroxylation is 1. The van der Waals surface area contributed by atoms with Crippen LogP contribution in [0.3, 0.4) is 0 Å². The summed E-state index contributed by atoms with van der Waals surface area (Å²) in [4.78, 5) is 0. The molecule has 0 aliphatic rings. The zero-order valence-corrected chi connectivity index (χ0v) is 15.0. The molecular weight excluding hydrogens is 298 g/mol. The second-order valence-corrected chi connectivity index (χ2v) is 5.95. The van der Waals surface area contributed by atoms with E-state index in [-0.39, 0.29) is 0 Å². The number of rotatable bonds is 10. The van der Waals surface area contributed by atoms with Crippen LogP contribution in [0.25, 0.3) is 0 Å². The number of nitrogens with one attached hydrogen (secondary N) is 1. The molecule has 0 unspecified atom stereocenters. The Hall–Kier alpha value is -2.00. The van der Waals surface area contributed by atoms with Crippen LogP contribution in [0.1, 0.15) is 38.3 Å². The van der Waals surface area contributed by atoms with Gasteiger partial charge in [-0.05, 0) is 56.9 Å². The minimum atomic E-state index is 0.465. The fraction of sp³-hybridized carbons (Fsp3) is 0.429. The van der Waals surface area contributed by atoms with Gasteiger partial charge < -0.3 is 14.8 Å². The van der Waals surface area contributed by atoms with Crippen molar-refractivity contribution in [2.24, 2.45) is 0 Å². The van der Waals surface area contributed by atoms with E-state index >= 15 is 0 Å². The molecule has 1 atom stereocenters. The van der Waals surface area contributed by atoms with Crippen LogP contribution in [-0.4, -0.2) is 19.3 Å². The zero-order valence-electron chi connectivity index (χ0n) is 15.0. The number of benzene rings is 2. The van der Waals surface area contributed by atoms with Gasteiger partial charge in [0.1, 0.15) is 0 Å².